The summed E-state index contributed by atoms with van der Waals surface area (Å²) < 4.78 is 9.13. The Morgan fingerprint density at radius 1 is 0.806 bits per heavy atom. The third-order valence-electron chi connectivity index (χ3n) is 4.84. The van der Waals surface area contributed by atoms with Crippen molar-refractivity contribution in [3.63, 3.8) is 0 Å². The van der Waals surface area contributed by atoms with Crippen LogP contribution in [0.5, 0.6) is 0 Å². The maximum Gasteiger partial charge on any atom is 0.346 e. The molecule has 0 aromatic heterocycles. The molecule has 1 aliphatic carbocycles. The third-order valence-corrected chi connectivity index (χ3v) is 4.84. The maximum atomic E-state index is 10.8. The molecule has 2 heterocycles. The van der Waals surface area contributed by atoms with Gasteiger partial charge < -0.3 is 31.2 Å². The molecule has 1 saturated carbocycles. The number of Topliss-reactive ketones (excluding diaryl/α,β-unsaturated/α-hetero) is 2. The predicted molar refractivity (Wildman–Crippen MR) is 106 cm³/mol. The molecule has 31 heavy (non-hydrogen) atoms. The Morgan fingerprint density at radius 2 is 1.10 bits per heavy atom. The Kier molecular flexibility index (Phi) is 11.9. The van der Waals surface area contributed by atoms with Gasteiger partial charge in [-0.1, -0.05) is 12.8 Å². The first-order valence-electron chi connectivity index (χ1n) is 9.69. The summed E-state index contributed by atoms with van der Waals surface area (Å²) in [6.07, 6.45) is 3.44. The van der Waals surface area contributed by atoms with Crippen LogP contribution in [0.4, 0.5) is 0 Å². The Morgan fingerprint density at radius 3 is 1.23 bits per heavy atom. The number of aliphatic hydroxyl groups is 2. The van der Waals surface area contributed by atoms with Crippen molar-refractivity contribution in [3.8, 4) is 0 Å². The van der Waals surface area contributed by atoms with Gasteiger partial charge in [-0.2, -0.15) is 0 Å². The summed E-state index contributed by atoms with van der Waals surface area (Å²) in [6.45, 7) is 5.43. The van der Waals surface area contributed by atoms with Gasteiger partial charge in [0.1, 0.15) is 11.1 Å². The van der Waals surface area contributed by atoms with Gasteiger partial charge in [0.15, 0.2) is 35.3 Å². The van der Waals surface area contributed by atoms with E-state index in [1.54, 1.807) is 0 Å². The van der Waals surface area contributed by atoms with E-state index < -0.39 is 35.7 Å². The van der Waals surface area contributed by atoms with E-state index in [9.17, 15) is 19.2 Å². The summed E-state index contributed by atoms with van der Waals surface area (Å²) in [4.78, 5) is 42.9. The second-order valence-corrected chi connectivity index (χ2v) is 7.34. The van der Waals surface area contributed by atoms with Crippen LogP contribution in [0.1, 0.15) is 53.4 Å². The van der Waals surface area contributed by atoms with Gasteiger partial charge in [0.25, 0.3) is 0 Å². The molecule has 0 saturated heterocycles. The fraction of sp³-hybridized carbons (Fsp3) is 0.600. The maximum absolute atomic E-state index is 10.8. The third kappa shape index (κ3) is 7.87. The van der Waals surface area contributed by atoms with Crippen molar-refractivity contribution in [2.45, 2.75) is 77.7 Å². The monoisotopic (exact) mass is 621 g/mol. The molecule has 3 aliphatic rings. The van der Waals surface area contributed by atoms with Crippen LogP contribution < -0.4 is 11.5 Å². The van der Waals surface area contributed by atoms with Crippen molar-refractivity contribution in [2.24, 2.45) is 11.5 Å². The fourth-order valence-corrected chi connectivity index (χ4v) is 3.00. The summed E-state index contributed by atoms with van der Waals surface area (Å²) >= 11 is 0. The van der Waals surface area contributed by atoms with Crippen LogP contribution in [0.2, 0.25) is 0 Å². The van der Waals surface area contributed by atoms with Crippen molar-refractivity contribution in [1.29, 1.82) is 0 Å². The van der Waals surface area contributed by atoms with Gasteiger partial charge >= 0.3 is 11.9 Å². The summed E-state index contributed by atoms with van der Waals surface area (Å²) in [5, 5.41) is 18.2. The number of hydrogen-bond acceptors (Lipinski definition) is 10. The Balaban J connectivity index is 0.000000434. The van der Waals surface area contributed by atoms with E-state index >= 15 is 0 Å². The number of esters is 2. The molecule has 11 heteroatoms. The quantitative estimate of drug-likeness (QED) is 0.256. The Labute approximate surface area is 195 Å². The Bertz CT molecular complexity index is 713. The molecule has 178 valence electrons. The van der Waals surface area contributed by atoms with E-state index in [1.807, 2.05) is 0 Å². The van der Waals surface area contributed by atoms with E-state index in [4.69, 9.17) is 21.7 Å². The largest absolute Gasteiger partial charge is 0.507 e. The molecule has 0 radical (unpaired) electrons. The van der Waals surface area contributed by atoms with Gasteiger partial charge in [-0.25, -0.2) is 9.59 Å². The first-order valence-corrected chi connectivity index (χ1v) is 9.69. The first-order chi connectivity index (χ1) is 13.9. The van der Waals surface area contributed by atoms with Crippen LogP contribution in [-0.2, 0) is 49.7 Å². The van der Waals surface area contributed by atoms with Crippen LogP contribution >= 0.6 is 0 Å². The average Bonchev–Trinajstić information content (AvgIpc) is 3.05. The van der Waals surface area contributed by atoms with Gasteiger partial charge in [-0.05, 0) is 40.5 Å². The zero-order valence-corrected chi connectivity index (χ0v) is 20.2. The van der Waals surface area contributed by atoms with Crippen molar-refractivity contribution >= 4 is 23.5 Å². The summed E-state index contributed by atoms with van der Waals surface area (Å²) in [6, 6.07) is 0.562. The molecule has 0 aromatic rings. The van der Waals surface area contributed by atoms with Crippen molar-refractivity contribution in [3.05, 3.63) is 22.7 Å². The molecule has 0 aromatic carbocycles. The molecular weight excluding hydrogens is 591 g/mol. The summed E-state index contributed by atoms with van der Waals surface area (Å²) in [7, 11) is 0. The number of cyclic esters (lactones) is 2. The van der Waals surface area contributed by atoms with Crippen LogP contribution in [-0.4, -0.2) is 58.0 Å². The van der Waals surface area contributed by atoms with E-state index in [0.29, 0.717) is 0 Å². The molecule has 0 unspecified atom stereocenters. The Hall–Kier alpha value is -2.03. The molecule has 2 aliphatic heterocycles. The number of aliphatic hydroxyl groups excluding tert-OH is 2. The minimum absolute atomic E-state index is 0. The number of ether oxygens (including phenoxy) is 2. The smallest absolute Gasteiger partial charge is 0.346 e. The minimum Gasteiger partial charge on any atom is -0.507 e. The topological polar surface area (TPSA) is 179 Å². The van der Waals surface area contributed by atoms with Crippen molar-refractivity contribution in [2.75, 3.05) is 0 Å². The van der Waals surface area contributed by atoms with Crippen LogP contribution in [0, 0.1) is 0 Å². The van der Waals surface area contributed by atoms with Crippen molar-refractivity contribution in [1.82, 2.24) is 0 Å². The number of carbonyl (C=O) groups is 4. The summed E-state index contributed by atoms with van der Waals surface area (Å²) in [5.41, 5.74) is 10.9. The molecule has 1 fully saturated rings. The fourth-order valence-electron chi connectivity index (χ4n) is 3.00. The van der Waals surface area contributed by atoms with E-state index in [1.165, 1.54) is 40.5 Å². The second-order valence-electron chi connectivity index (χ2n) is 7.34. The molecule has 3 rings (SSSR count). The molecular formula is C20H30N2O8Pt. The number of nitrogens with two attached hydrogens (primary N) is 2. The number of hydrogen-bond donors (Lipinski definition) is 4. The van der Waals surface area contributed by atoms with Crippen LogP contribution in [0.3, 0.4) is 0 Å². The van der Waals surface area contributed by atoms with Crippen molar-refractivity contribution < 1.29 is 59.9 Å². The van der Waals surface area contributed by atoms with E-state index in [-0.39, 0.29) is 55.8 Å². The number of carbonyl (C=O) groups excluding carboxylic acids is 4. The molecule has 0 bridgehead atoms. The van der Waals surface area contributed by atoms with Crippen LogP contribution in [0.15, 0.2) is 22.7 Å². The standard InChI is InChI=1S/2C7H8O4.C6H14N2.Pt/c2*1-3(8)5-6(9)4(2)11-7(5)10;7-5-3-1-2-4-6(5)8;/h2*4,9H,1-2H3;5-6H,1-4,7-8H2;/t2*4-;5-,6-;/m001./s1. The van der Waals surface area contributed by atoms with Crippen LogP contribution in [0.25, 0.3) is 0 Å². The molecule has 6 N–H and O–H groups in total. The number of rotatable bonds is 2. The normalized spacial score (nSPS) is 27.2. The first kappa shape index (κ1) is 29.0. The average molecular weight is 622 g/mol. The number of ketones is 2. The SMILES string of the molecule is CC(=O)C1=C(O)[C@H](C)OC1=O.CC(=O)C1=C(O)[C@H](C)OC1=O.N[C@@H]1CCCC[C@H]1N.[Pt]. The van der Waals surface area contributed by atoms with E-state index in [0.717, 1.165) is 12.8 Å². The molecule has 4 atom stereocenters. The van der Waals surface area contributed by atoms with Gasteiger partial charge in [0.05, 0.1) is 0 Å². The van der Waals surface area contributed by atoms with Gasteiger partial charge in [-0.15, -0.1) is 0 Å². The molecule has 0 spiro atoms. The minimum atomic E-state index is -0.734. The zero-order valence-electron chi connectivity index (χ0n) is 18.0. The summed E-state index contributed by atoms with van der Waals surface area (Å²) in [5.74, 6) is -2.91. The predicted octanol–water partition coefficient (Wildman–Crippen LogP) is 0.878. The molecule has 10 nitrogen and oxygen atoms in total. The van der Waals surface area contributed by atoms with E-state index in [2.05, 4.69) is 9.47 Å². The second kappa shape index (κ2) is 12.7. The van der Waals surface area contributed by atoms with Gasteiger partial charge in [-0.3, -0.25) is 9.59 Å². The molecule has 0 amide bonds. The zero-order chi connectivity index (χ0) is 23.2. The van der Waals surface area contributed by atoms with Gasteiger partial charge in [0.2, 0.25) is 0 Å². The van der Waals surface area contributed by atoms with Gasteiger partial charge in [0, 0.05) is 33.1 Å².